The molecule has 0 atom stereocenters. The molecular weight excluding hydrogens is 431 g/mol. The third-order valence-corrected chi connectivity index (χ3v) is 5.74. The van der Waals surface area contributed by atoms with Gasteiger partial charge in [-0.05, 0) is 68.3 Å². The number of aromatic nitrogens is 3. The summed E-state index contributed by atoms with van der Waals surface area (Å²) in [5.41, 5.74) is 5.50. The van der Waals surface area contributed by atoms with E-state index in [1.165, 1.54) is 0 Å². The van der Waals surface area contributed by atoms with E-state index in [0.29, 0.717) is 27.2 Å². The minimum Gasteiger partial charge on any atom is -0.319 e. The van der Waals surface area contributed by atoms with Gasteiger partial charge in [-0.3, -0.25) is 4.79 Å². The highest BCUT2D eigenvalue weighted by Gasteiger charge is 2.20. The van der Waals surface area contributed by atoms with Gasteiger partial charge in [0.15, 0.2) is 5.82 Å². The highest BCUT2D eigenvalue weighted by molar-refractivity contribution is 6.42. The molecule has 0 saturated heterocycles. The van der Waals surface area contributed by atoms with Crippen LogP contribution in [0.4, 0.5) is 5.69 Å². The van der Waals surface area contributed by atoms with Crippen LogP contribution in [-0.2, 0) is 0 Å². The highest BCUT2D eigenvalue weighted by atomic mass is 35.5. The van der Waals surface area contributed by atoms with Crippen LogP contribution in [0.3, 0.4) is 0 Å². The van der Waals surface area contributed by atoms with E-state index in [-0.39, 0.29) is 5.82 Å². The van der Waals surface area contributed by atoms with Crippen LogP contribution in [0.2, 0.25) is 10.0 Å². The zero-order valence-corrected chi connectivity index (χ0v) is 18.8. The third-order valence-electron chi connectivity index (χ3n) is 5.00. The van der Waals surface area contributed by atoms with Crippen molar-refractivity contribution in [2.24, 2.45) is 0 Å². The molecule has 0 spiro atoms. The maximum Gasteiger partial charge on any atom is 0.295 e. The van der Waals surface area contributed by atoms with Crippen molar-refractivity contribution < 1.29 is 4.79 Å². The van der Waals surface area contributed by atoms with Gasteiger partial charge in [-0.15, -0.1) is 5.10 Å². The first-order valence-electron chi connectivity index (χ1n) is 9.70. The van der Waals surface area contributed by atoms with Gasteiger partial charge in [-0.1, -0.05) is 53.0 Å². The minimum absolute atomic E-state index is 0.0563. The predicted octanol–water partition coefficient (Wildman–Crippen LogP) is 6.42. The molecule has 0 fully saturated rings. The van der Waals surface area contributed by atoms with Crippen LogP contribution >= 0.6 is 23.2 Å². The highest BCUT2D eigenvalue weighted by Crippen LogP contribution is 2.28. The molecular formula is C24H20Cl2N4O. The molecule has 156 valence electrons. The van der Waals surface area contributed by atoms with E-state index >= 15 is 0 Å². The lowest BCUT2D eigenvalue weighted by molar-refractivity contribution is 0.101. The van der Waals surface area contributed by atoms with Crippen LogP contribution in [-0.4, -0.2) is 20.7 Å². The van der Waals surface area contributed by atoms with Gasteiger partial charge in [0, 0.05) is 11.3 Å². The molecule has 0 saturated carbocycles. The molecule has 0 radical (unpaired) electrons. The van der Waals surface area contributed by atoms with E-state index in [1.54, 1.807) is 22.9 Å². The zero-order valence-electron chi connectivity index (χ0n) is 17.3. The molecule has 7 heteroatoms. The molecule has 0 aliphatic heterocycles. The smallest absolute Gasteiger partial charge is 0.295 e. The Hall–Kier alpha value is -3.15. The molecule has 31 heavy (non-hydrogen) atoms. The van der Waals surface area contributed by atoms with Gasteiger partial charge >= 0.3 is 0 Å². The molecule has 1 aromatic heterocycles. The summed E-state index contributed by atoms with van der Waals surface area (Å²) < 4.78 is 1.60. The Balaban J connectivity index is 1.77. The van der Waals surface area contributed by atoms with E-state index in [1.807, 2.05) is 63.2 Å². The maximum atomic E-state index is 12.9. The Kier molecular flexibility index (Phi) is 5.81. The normalized spacial score (nSPS) is 10.9. The van der Waals surface area contributed by atoms with Crippen molar-refractivity contribution in [1.29, 1.82) is 0 Å². The van der Waals surface area contributed by atoms with Crippen LogP contribution in [0.1, 0.15) is 27.3 Å². The molecule has 3 aromatic carbocycles. The first kappa shape index (κ1) is 21.1. The number of amides is 1. The van der Waals surface area contributed by atoms with Crippen molar-refractivity contribution in [3.63, 3.8) is 0 Å². The van der Waals surface area contributed by atoms with E-state index in [9.17, 15) is 4.79 Å². The summed E-state index contributed by atoms with van der Waals surface area (Å²) >= 11 is 12.3. The standard InChI is InChI=1S/C24H20Cl2N4O/c1-14-5-4-6-17(11-14)23-28-22(24(31)27-18-8-7-15(2)16(3)12-18)29-30(23)19-9-10-20(25)21(26)13-19/h4-13H,1-3H3,(H,27,31). The average Bonchev–Trinajstić information content (AvgIpc) is 3.18. The van der Waals surface area contributed by atoms with Crippen molar-refractivity contribution in [3.05, 3.63) is 93.2 Å². The summed E-state index contributed by atoms with van der Waals surface area (Å²) in [5, 5.41) is 8.20. The number of anilines is 1. The lowest BCUT2D eigenvalue weighted by Crippen LogP contribution is -2.14. The monoisotopic (exact) mass is 450 g/mol. The molecule has 4 rings (SSSR count). The molecule has 0 bridgehead atoms. The Morgan fingerprint density at radius 1 is 0.903 bits per heavy atom. The summed E-state index contributed by atoms with van der Waals surface area (Å²) in [7, 11) is 0. The molecule has 1 N–H and O–H groups in total. The van der Waals surface area contributed by atoms with Gasteiger partial charge < -0.3 is 5.32 Å². The van der Waals surface area contributed by atoms with Crippen LogP contribution in [0.25, 0.3) is 17.1 Å². The van der Waals surface area contributed by atoms with Crippen molar-refractivity contribution in [2.75, 3.05) is 5.32 Å². The van der Waals surface area contributed by atoms with Crippen LogP contribution in [0, 0.1) is 20.8 Å². The number of hydrogen-bond donors (Lipinski definition) is 1. The maximum absolute atomic E-state index is 12.9. The summed E-state index contributed by atoms with van der Waals surface area (Å²) in [6, 6.07) is 18.8. The van der Waals surface area contributed by atoms with E-state index in [2.05, 4.69) is 15.4 Å². The van der Waals surface area contributed by atoms with E-state index < -0.39 is 5.91 Å². The fourth-order valence-electron chi connectivity index (χ4n) is 3.18. The Morgan fingerprint density at radius 2 is 1.71 bits per heavy atom. The average molecular weight is 451 g/mol. The number of halogens is 2. The Labute approximate surface area is 190 Å². The SMILES string of the molecule is Cc1cccc(-c2nc(C(=O)Nc3ccc(C)c(C)c3)nn2-c2ccc(Cl)c(Cl)c2)c1. The minimum atomic E-state index is -0.393. The molecule has 5 nitrogen and oxygen atoms in total. The Morgan fingerprint density at radius 3 is 2.42 bits per heavy atom. The molecule has 0 aliphatic rings. The Bertz CT molecular complexity index is 1300. The van der Waals surface area contributed by atoms with Gasteiger partial charge in [0.1, 0.15) is 0 Å². The van der Waals surface area contributed by atoms with E-state index in [0.717, 1.165) is 22.3 Å². The molecule has 0 unspecified atom stereocenters. The van der Waals surface area contributed by atoms with Crippen LogP contribution in [0.15, 0.2) is 60.7 Å². The fraction of sp³-hybridized carbons (Fsp3) is 0.125. The summed E-state index contributed by atoms with van der Waals surface area (Å²) in [4.78, 5) is 17.5. The predicted molar refractivity (Wildman–Crippen MR) is 125 cm³/mol. The topological polar surface area (TPSA) is 59.8 Å². The summed E-state index contributed by atoms with van der Waals surface area (Å²) in [6.45, 7) is 6.02. The summed E-state index contributed by atoms with van der Waals surface area (Å²) in [6.07, 6.45) is 0. The quantitative estimate of drug-likeness (QED) is 0.390. The van der Waals surface area contributed by atoms with Gasteiger partial charge in [0.05, 0.1) is 15.7 Å². The van der Waals surface area contributed by atoms with Crippen molar-refractivity contribution in [1.82, 2.24) is 14.8 Å². The molecule has 1 heterocycles. The first-order chi connectivity index (χ1) is 14.8. The summed E-state index contributed by atoms with van der Waals surface area (Å²) in [5.74, 6) is 0.198. The zero-order chi connectivity index (χ0) is 22.1. The number of nitrogens with zero attached hydrogens (tertiary/aromatic N) is 3. The lowest BCUT2D eigenvalue weighted by atomic mass is 10.1. The number of rotatable bonds is 4. The molecule has 1 amide bonds. The van der Waals surface area contributed by atoms with Gasteiger partial charge in [0.25, 0.3) is 5.91 Å². The van der Waals surface area contributed by atoms with Gasteiger partial charge in [-0.25, -0.2) is 9.67 Å². The number of carbonyl (C=O) groups excluding carboxylic acids is 1. The fourth-order valence-corrected chi connectivity index (χ4v) is 3.47. The second kappa shape index (κ2) is 8.53. The largest absolute Gasteiger partial charge is 0.319 e. The van der Waals surface area contributed by atoms with Gasteiger partial charge in [-0.2, -0.15) is 0 Å². The number of aryl methyl sites for hydroxylation is 3. The van der Waals surface area contributed by atoms with Crippen molar-refractivity contribution >= 4 is 34.8 Å². The number of benzene rings is 3. The lowest BCUT2D eigenvalue weighted by Gasteiger charge is -2.07. The van der Waals surface area contributed by atoms with Crippen LogP contribution < -0.4 is 5.32 Å². The second-order valence-corrected chi connectivity index (χ2v) is 8.21. The van der Waals surface area contributed by atoms with Crippen molar-refractivity contribution in [3.8, 4) is 17.1 Å². The third kappa shape index (κ3) is 4.48. The first-order valence-corrected chi connectivity index (χ1v) is 10.5. The molecule has 0 aliphatic carbocycles. The number of nitrogens with one attached hydrogen (secondary N) is 1. The number of carbonyl (C=O) groups is 1. The van der Waals surface area contributed by atoms with Crippen molar-refractivity contribution in [2.45, 2.75) is 20.8 Å². The second-order valence-electron chi connectivity index (χ2n) is 7.39. The molecule has 4 aromatic rings. The van der Waals surface area contributed by atoms with Crippen LogP contribution in [0.5, 0.6) is 0 Å². The number of hydrogen-bond acceptors (Lipinski definition) is 3. The van der Waals surface area contributed by atoms with E-state index in [4.69, 9.17) is 23.2 Å². The van der Waals surface area contributed by atoms with Gasteiger partial charge in [0.2, 0.25) is 5.82 Å².